The fourth-order valence-electron chi connectivity index (χ4n) is 2.21. The summed E-state index contributed by atoms with van der Waals surface area (Å²) in [5.41, 5.74) is 9.13. The summed E-state index contributed by atoms with van der Waals surface area (Å²) in [6.45, 7) is 1.90. The number of nitrogens with one attached hydrogen (secondary N) is 1. The first-order valence-electron chi connectivity index (χ1n) is 6.21. The van der Waals surface area contributed by atoms with Crippen LogP contribution in [0.25, 0.3) is 21.7 Å². The minimum atomic E-state index is -0.409. The third-order valence-corrected chi connectivity index (χ3v) is 4.15. The third kappa shape index (κ3) is 2.27. The van der Waals surface area contributed by atoms with Gasteiger partial charge in [0.05, 0.1) is 16.2 Å². The van der Waals surface area contributed by atoms with Gasteiger partial charge in [0.1, 0.15) is 0 Å². The van der Waals surface area contributed by atoms with E-state index in [0.717, 1.165) is 21.6 Å². The number of H-pyrrole nitrogens is 1. The molecular weight excluding hydrogens is 288 g/mol. The number of nitrogen functional groups attached to an aromatic ring is 1. The number of rotatable bonds is 3. The van der Waals surface area contributed by atoms with E-state index in [1.54, 1.807) is 23.5 Å². The van der Waals surface area contributed by atoms with E-state index in [0.29, 0.717) is 11.5 Å². The molecule has 0 aliphatic heterocycles. The van der Waals surface area contributed by atoms with E-state index in [1.165, 1.54) is 6.07 Å². The molecule has 3 rings (SSSR count). The zero-order valence-corrected chi connectivity index (χ0v) is 12.0. The van der Waals surface area contributed by atoms with Crippen LogP contribution in [0.5, 0.6) is 0 Å². The number of non-ortho nitro benzene ring substituents is 1. The number of nitrogens with two attached hydrogens (primary N) is 1. The zero-order valence-electron chi connectivity index (χ0n) is 11.2. The highest BCUT2D eigenvalue weighted by Crippen LogP contribution is 2.39. The third-order valence-electron chi connectivity index (χ3n) is 3.26. The van der Waals surface area contributed by atoms with E-state index in [9.17, 15) is 10.1 Å². The smallest absolute Gasteiger partial charge is 0.270 e. The summed E-state index contributed by atoms with van der Waals surface area (Å²) in [5, 5.41) is 19.9. The van der Waals surface area contributed by atoms with Crippen molar-refractivity contribution >= 4 is 22.8 Å². The number of nitro groups is 1. The van der Waals surface area contributed by atoms with Gasteiger partial charge in [0.2, 0.25) is 0 Å². The van der Waals surface area contributed by atoms with Crippen LogP contribution >= 0.6 is 11.3 Å². The summed E-state index contributed by atoms with van der Waals surface area (Å²) in [4.78, 5) is 11.5. The second kappa shape index (κ2) is 5.02. The van der Waals surface area contributed by atoms with Crippen molar-refractivity contribution in [3.8, 4) is 21.7 Å². The summed E-state index contributed by atoms with van der Waals surface area (Å²) >= 11 is 1.55. The van der Waals surface area contributed by atoms with Gasteiger partial charge in [-0.1, -0.05) is 12.1 Å². The van der Waals surface area contributed by atoms with Crippen LogP contribution in [0.4, 0.5) is 11.5 Å². The molecule has 0 saturated carbocycles. The summed E-state index contributed by atoms with van der Waals surface area (Å²) in [5.74, 6) is 0.387. The van der Waals surface area contributed by atoms with E-state index < -0.39 is 4.92 Å². The van der Waals surface area contributed by atoms with Gasteiger partial charge >= 0.3 is 0 Å². The maximum atomic E-state index is 11.0. The molecule has 0 fully saturated rings. The Balaban J connectivity index is 2.23. The molecule has 0 saturated heterocycles. The van der Waals surface area contributed by atoms with Gasteiger partial charge in [-0.15, -0.1) is 11.3 Å². The Morgan fingerprint density at radius 2 is 2.19 bits per heavy atom. The van der Waals surface area contributed by atoms with Gasteiger partial charge in [0.15, 0.2) is 5.82 Å². The van der Waals surface area contributed by atoms with Crippen LogP contribution in [0.2, 0.25) is 0 Å². The van der Waals surface area contributed by atoms with Crippen molar-refractivity contribution in [3.63, 3.8) is 0 Å². The summed E-state index contributed by atoms with van der Waals surface area (Å²) < 4.78 is 0. The molecule has 0 unspecified atom stereocenters. The number of aromatic amines is 1. The molecule has 0 aliphatic rings. The first kappa shape index (κ1) is 13.3. The Morgan fingerprint density at radius 1 is 1.38 bits per heavy atom. The lowest BCUT2D eigenvalue weighted by Gasteiger charge is -2.06. The predicted molar refractivity (Wildman–Crippen MR) is 83.1 cm³/mol. The minimum absolute atomic E-state index is 0.0425. The first-order chi connectivity index (χ1) is 10.1. The van der Waals surface area contributed by atoms with Gasteiger partial charge in [-0.25, -0.2) is 0 Å². The number of hydrogen-bond acceptors (Lipinski definition) is 5. The van der Waals surface area contributed by atoms with Crippen LogP contribution in [0.15, 0.2) is 35.7 Å². The minimum Gasteiger partial charge on any atom is -0.382 e. The average molecular weight is 300 g/mol. The number of nitro benzene ring substituents is 1. The quantitative estimate of drug-likeness (QED) is 0.570. The standard InChI is InChI=1S/C14H12N4O2S/c1-8-4-5-9(18(19)20)7-10(8)13-12(14(15)17-16-13)11-3-2-6-21-11/h2-7H,1H3,(H3,15,16,17). The molecule has 0 aliphatic carbocycles. The van der Waals surface area contributed by atoms with E-state index >= 15 is 0 Å². The van der Waals surface area contributed by atoms with E-state index in [4.69, 9.17) is 5.73 Å². The molecule has 0 radical (unpaired) electrons. The number of aromatic nitrogens is 2. The highest BCUT2D eigenvalue weighted by Gasteiger charge is 2.19. The van der Waals surface area contributed by atoms with E-state index in [2.05, 4.69) is 10.2 Å². The topological polar surface area (TPSA) is 97.8 Å². The van der Waals surface area contributed by atoms with Gasteiger partial charge in [0.25, 0.3) is 5.69 Å². The Bertz CT molecular complexity index is 809. The van der Waals surface area contributed by atoms with Crippen LogP contribution in [0.1, 0.15) is 5.56 Å². The highest BCUT2D eigenvalue weighted by atomic mass is 32.1. The second-order valence-electron chi connectivity index (χ2n) is 4.59. The molecular formula is C14H12N4O2S. The number of anilines is 1. The maximum absolute atomic E-state index is 11.0. The average Bonchev–Trinajstić information content (AvgIpc) is 3.08. The lowest BCUT2D eigenvalue weighted by Crippen LogP contribution is -1.92. The predicted octanol–water partition coefficient (Wildman–Crippen LogP) is 3.60. The van der Waals surface area contributed by atoms with Gasteiger partial charge in [-0.2, -0.15) is 5.10 Å². The van der Waals surface area contributed by atoms with Crippen LogP contribution in [0.3, 0.4) is 0 Å². The fourth-order valence-corrected chi connectivity index (χ4v) is 3.00. The van der Waals surface area contributed by atoms with Crippen molar-refractivity contribution in [2.45, 2.75) is 6.92 Å². The molecule has 0 spiro atoms. The molecule has 106 valence electrons. The molecule has 21 heavy (non-hydrogen) atoms. The van der Waals surface area contributed by atoms with Crippen molar-refractivity contribution < 1.29 is 4.92 Å². The number of benzene rings is 1. The molecule has 3 aromatic rings. The van der Waals surface area contributed by atoms with Crippen molar-refractivity contribution in [1.82, 2.24) is 10.2 Å². The lowest BCUT2D eigenvalue weighted by molar-refractivity contribution is -0.384. The molecule has 3 N–H and O–H groups in total. The van der Waals surface area contributed by atoms with Gasteiger partial charge in [-0.3, -0.25) is 15.2 Å². The molecule has 1 aromatic carbocycles. The van der Waals surface area contributed by atoms with Crippen molar-refractivity contribution in [3.05, 3.63) is 51.4 Å². The maximum Gasteiger partial charge on any atom is 0.270 e. The summed E-state index contributed by atoms with van der Waals surface area (Å²) in [6.07, 6.45) is 0. The monoisotopic (exact) mass is 300 g/mol. The summed E-state index contributed by atoms with van der Waals surface area (Å²) in [7, 11) is 0. The Hall–Kier alpha value is -2.67. The Kier molecular flexibility index (Phi) is 3.19. The number of thiophene rings is 1. The molecule has 7 heteroatoms. The number of hydrogen-bond donors (Lipinski definition) is 2. The molecule has 6 nitrogen and oxygen atoms in total. The first-order valence-corrected chi connectivity index (χ1v) is 7.09. The molecule has 0 atom stereocenters. The largest absolute Gasteiger partial charge is 0.382 e. The van der Waals surface area contributed by atoms with E-state index in [-0.39, 0.29) is 5.69 Å². The fraction of sp³-hybridized carbons (Fsp3) is 0.0714. The lowest BCUT2D eigenvalue weighted by atomic mass is 10.0. The van der Waals surface area contributed by atoms with Gasteiger partial charge in [-0.05, 0) is 23.9 Å². The molecule has 0 amide bonds. The molecule has 2 heterocycles. The van der Waals surface area contributed by atoms with Crippen molar-refractivity contribution in [1.29, 1.82) is 0 Å². The van der Waals surface area contributed by atoms with Crippen LogP contribution in [-0.2, 0) is 0 Å². The molecule has 2 aromatic heterocycles. The van der Waals surface area contributed by atoms with E-state index in [1.807, 2.05) is 24.4 Å². The normalized spacial score (nSPS) is 10.7. The Morgan fingerprint density at radius 3 is 2.86 bits per heavy atom. The van der Waals surface area contributed by atoms with Gasteiger partial charge in [0, 0.05) is 22.6 Å². The van der Waals surface area contributed by atoms with Crippen molar-refractivity contribution in [2.24, 2.45) is 0 Å². The van der Waals surface area contributed by atoms with Crippen LogP contribution < -0.4 is 5.73 Å². The number of nitrogens with zero attached hydrogens (tertiary/aromatic N) is 2. The molecule has 0 bridgehead atoms. The number of aryl methyl sites for hydroxylation is 1. The SMILES string of the molecule is Cc1ccc([N+](=O)[O-])cc1-c1[nH]nc(N)c1-c1cccs1. The highest BCUT2D eigenvalue weighted by molar-refractivity contribution is 7.13. The van der Waals surface area contributed by atoms with Crippen LogP contribution in [-0.4, -0.2) is 15.1 Å². The summed E-state index contributed by atoms with van der Waals surface area (Å²) in [6, 6.07) is 8.63. The van der Waals surface area contributed by atoms with Crippen molar-refractivity contribution in [2.75, 3.05) is 5.73 Å². The zero-order chi connectivity index (χ0) is 15.0. The Labute approximate surface area is 124 Å². The van der Waals surface area contributed by atoms with Crippen LogP contribution in [0, 0.1) is 17.0 Å². The second-order valence-corrected chi connectivity index (χ2v) is 5.54. The van der Waals surface area contributed by atoms with Gasteiger partial charge < -0.3 is 5.73 Å².